The monoisotopic (exact) mass is 307 g/mol. The first-order valence-electron chi connectivity index (χ1n) is 7.72. The molecule has 1 amide bonds. The molecule has 1 aliphatic rings. The Hall–Kier alpha value is -2.82. The van der Waals surface area contributed by atoms with Gasteiger partial charge < -0.3 is 14.0 Å². The fraction of sp³-hybridized carbons (Fsp3) is 0.222. The summed E-state index contributed by atoms with van der Waals surface area (Å²) in [5.41, 5.74) is 1.75. The number of nitrogens with zero attached hydrogens (tertiary/aromatic N) is 3. The minimum Gasteiger partial charge on any atom is -0.488 e. The van der Waals surface area contributed by atoms with Gasteiger partial charge in [-0.15, -0.1) is 0 Å². The van der Waals surface area contributed by atoms with Crippen LogP contribution in [0.1, 0.15) is 16.8 Å². The number of amides is 1. The summed E-state index contributed by atoms with van der Waals surface area (Å²) in [4.78, 5) is 18.5. The Kier molecular flexibility index (Phi) is 3.46. The molecule has 1 saturated heterocycles. The van der Waals surface area contributed by atoms with E-state index in [-0.39, 0.29) is 12.0 Å². The lowest BCUT2D eigenvalue weighted by Crippen LogP contribution is -2.30. The molecule has 3 aromatic heterocycles. The quantitative estimate of drug-likeness (QED) is 0.747. The molecule has 0 spiro atoms. The van der Waals surface area contributed by atoms with Crippen molar-refractivity contribution in [1.29, 1.82) is 0 Å². The summed E-state index contributed by atoms with van der Waals surface area (Å²) in [5.74, 6) is 0.864. The summed E-state index contributed by atoms with van der Waals surface area (Å²) in [6.45, 7) is 1.34. The Labute approximate surface area is 134 Å². The molecular formula is C18H17N3O2. The summed E-state index contributed by atoms with van der Waals surface area (Å²) in [5, 5.41) is 0. The third-order valence-electron chi connectivity index (χ3n) is 4.14. The van der Waals surface area contributed by atoms with E-state index in [1.807, 2.05) is 58.1 Å². The van der Waals surface area contributed by atoms with E-state index in [4.69, 9.17) is 4.74 Å². The maximum atomic E-state index is 12.7. The van der Waals surface area contributed by atoms with E-state index in [0.717, 1.165) is 29.8 Å². The number of likely N-dealkylation sites (tertiary alicyclic amines) is 1. The molecular weight excluding hydrogens is 290 g/mol. The minimum absolute atomic E-state index is 0.0402. The number of fused-ring (bicyclic) bond motifs is 1. The number of hydrogen-bond acceptors (Lipinski definition) is 3. The molecule has 5 heteroatoms. The van der Waals surface area contributed by atoms with Crippen molar-refractivity contribution in [3.63, 3.8) is 0 Å². The SMILES string of the molecule is O=C(c1cc2ccccn2c1)N1CCC(Oc2ccncc2)C1. The van der Waals surface area contributed by atoms with Crippen molar-refractivity contribution in [3.8, 4) is 5.75 Å². The summed E-state index contributed by atoms with van der Waals surface area (Å²) in [6.07, 6.45) is 8.14. The molecule has 0 radical (unpaired) electrons. The number of pyridine rings is 2. The third-order valence-corrected chi connectivity index (χ3v) is 4.14. The Morgan fingerprint density at radius 2 is 2.09 bits per heavy atom. The van der Waals surface area contributed by atoms with Crippen molar-refractivity contribution in [2.75, 3.05) is 13.1 Å². The smallest absolute Gasteiger partial charge is 0.255 e. The van der Waals surface area contributed by atoms with Crippen molar-refractivity contribution in [2.24, 2.45) is 0 Å². The Bertz CT molecular complexity index is 795. The highest BCUT2D eigenvalue weighted by molar-refractivity contribution is 5.95. The molecule has 0 aromatic carbocycles. The van der Waals surface area contributed by atoms with Gasteiger partial charge in [-0.2, -0.15) is 0 Å². The van der Waals surface area contributed by atoms with Crippen LogP contribution in [0, 0.1) is 0 Å². The molecule has 0 N–H and O–H groups in total. The number of hydrogen-bond donors (Lipinski definition) is 0. The zero-order valence-corrected chi connectivity index (χ0v) is 12.6. The lowest BCUT2D eigenvalue weighted by Gasteiger charge is -2.16. The van der Waals surface area contributed by atoms with Crippen LogP contribution in [-0.4, -0.2) is 39.4 Å². The van der Waals surface area contributed by atoms with Gasteiger partial charge in [0.2, 0.25) is 0 Å². The van der Waals surface area contributed by atoms with E-state index in [2.05, 4.69) is 4.98 Å². The second-order valence-corrected chi connectivity index (χ2v) is 5.72. The lowest BCUT2D eigenvalue weighted by molar-refractivity contribution is 0.0772. The molecule has 116 valence electrons. The highest BCUT2D eigenvalue weighted by Crippen LogP contribution is 2.20. The normalized spacial score (nSPS) is 17.6. The Morgan fingerprint density at radius 1 is 1.22 bits per heavy atom. The number of carbonyl (C=O) groups is 1. The van der Waals surface area contributed by atoms with E-state index in [1.54, 1.807) is 12.4 Å². The van der Waals surface area contributed by atoms with Crippen LogP contribution in [-0.2, 0) is 0 Å². The van der Waals surface area contributed by atoms with Gasteiger partial charge in [0.25, 0.3) is 5.91 Å². The minimum atomic E-state index is 0.0402. The zero-order valence-electron chi connectivity index (χ0n) is 12.6. The zero-order chi connectivity index (χ0) is 15.6. The average Bonchev–Trinajstić information content (AvgIpc) is 3.21. The van der Waals surface area contributed by atoms with Gasteiger partial charge in [0.15, 0.2) is 0 Å². The van der Waals surface area contributed by atoms with Crippen LogP contribution in [0.25, 0.3) is 5.52 Å². The molecule has 23 heavy (non-hydrogen) atoms. The highest BCUT2D eigenvalue weighted by atomic mass is 16.5. The second kappa shape index (κ2) is 5.76. The van der Waals surface area contributed by atoms with Gasteiger partial charge in [0.05, 0.1) is 12.1 Å². The van der Waals surface area contributed by atoms with Gasteiger partial charge >= 0.3 is 0 Å². The van der Waals surface area contributed by atoms with Gasteiger partial charge in [-0.05, 0) is 30.3 Å². The third kappa shape index (κ3) is 2.77. The van der Waals surface area contributed by atoms with Crippen molar-refractivity contribution in [3.05, 3.63) is 66.7 Å². The van der Waals surface area contributed by atoms with Crippen LogP contribution < -0.4 is 4.74 Å². The number of rotatable bonds is 3. The van der Waals surface area contributed by atoms with E-state index in [1.165, 1.54) is 0 Å². The van der Waals surface area contributed by atoms with Crippen LogP contribution in [0.5, 0.6) is 5.75 Å². The maximum absolute atomic E-state index is 12.7. The van der Waals surface area contributed by atoms with E-state index in [9.17, 15) is 4.79 Å². The number of aromatic nitrogens is 2. The van der Waals surface area contributed by atoms with Gasteiger partial charge in [-0.3, -0.25) is 9.78 Å². The van der Waals surface area contributed by atoms with Crippen LogP contribution >= 0.6 is 0 Å². The van der Waals surface area contributed by atoms with Crippen LogP contribution in [0.15, 0.2) is 61.2 Å². The van der Waals surface area contributed by atoms with E-state index in [0.29, 0.717) is 6.54 Å². The topological polar surface area (TPSA) is 46.8 Å². The van der Waals surface area contributed by atoms with E-state index >= 15 is 0 Å². The first-order chi connectivity index (χ1) is 11.3. The van der Waals surface area contributed by atoms with Crippen molar-refractivity contribution < 1.29 is 9.53 Å². The molecule has 1 aliphatic heterocycles. The lowest BCUT2D eigenvalue weighted by atomic mass is 10.3. The number of ether oxygens (including phenoxy) is 1. The molecule has 5 nitrogen and oxygen atoms in total. The molecule has 3 aromatic rings. The van der Waals surface area contributed by atoms with Crippen LogP contribution in [0.2, 0.25) is 0 Å². The fourth-order valence-electron chi connectivity index (χ4n) is 2.97. The van der Waals surface area contributed by atoms with Gasteiger partial charge in [-0.25, -0.2) is 0 Å². The summed E-state index contributed by atoms with van der Waals surface area (Å²) in [7, 11) is 0. The largest absolute Gasteiger partial charge is 0.488 e. The predicted octanol–water partition coefficient (Wildman–Crippen LogP) is 2.63. The Balaban J connectivity index is 1.45. The van der Waals surface area contributed by atoms with Gasteiger partial charge in [-0.1, -0.05) is 6.07 Å². The first-order valence-corrected chi connectivity index (χ1v) is 7.72. The molecule has 0 aliphatic carbocycles. The van der Waals surface area contributed by atoms with Gasteiger partial charge in [0, 0.05) is 43.3 Å². The van der Waals surface area contributed by atoms with Crippen molar-refractivity contribution in [1.82, 2.24) is 14.3 Å². The molecule has 1 unspecified atom stereocenters. The standard InChI is InChI=1S/C18H17N3O2/c22-18(14-11-15-3-1-2-9-20(15)12-14)21-10-6-17(13-21)23-16-4-7-19-8-5-16/h1-5,7-9,11-12,17H,6,10,13H2. The molecule has 4 rings (SSSR count). The first kappa shape index (κ1) is 13.8. The number of carbonyl (C=O) groups excluding carboxylic acids is 1. The molecule has 0 bridgehead atoms. The molecule has 1 fully saturated rings. The second-order valence-electron chi connectivity index (χ2n) is 5.72. The van der Waals surface area contributed by atoms with Crippen LogP contribution in [0.4, 0.5) is 0 Å². The summed E-state index contributed by atoms with van der Waals surface area (Å²) >= 11 is 0. The fourth-order valence-corrected chi connectivity index (χ4v) is 2.97. The van der Waals surface area contributed by atoms with Crippen LogP contribution in [0.3, 0.4) is 0 Å². The Morgan fingerprint density at radius 3 is 2.91 bits per heavy atom. The van der Waals surface area contributed by atoms with Crippen molar-refractivity contribution in [2.45, 2.75) is 12.5 Å². The average molecular weight is 307 g/mol. The summed E-state index contributed by atoms with van der Waals surface area (Å²) < 4.78 is 7.88. The maximum Gasteiger partial charge on any atom is 0.255 e. The van der Waals surface area contributed by atoms with Crippen molar-refractivity contribution >= 4 is 11.4 Å². The predicted molar refractivity (Wildman–Crippen MR) is 86.6 cm³/mol. The molecule has 1 atom stereocenters. The highest BCUT2D eigenvalue weighted by Gasteiger charge is 2.28. The van der Waals surface area contributed by atoms with Gasteiger partial charge in [0.1, 0.15) is 11.9 Å². The van der Waals surface area contributed by atoms with E-state index < -0.39 is 0 Å². The molecule has 4 heterocycles. The molecule has 0 saturated carbocycles. The summed E-state index contributed by atoms with van der Waals surface area (Å²) in [6, 6.07) is 11.5.